The van der Waals surface area contributed by atoms with Crippen molar-refractivity contribution >= 4 is 29.0 Å². The third-order valence-electron chi connectivity index (χ3n) is 6.30. The average Bonchev–Trinajstić information content (AvgIpc) is 3.35. The highest BCUT2D eigenvalue weighted by Crippen LogP contribution is 2.46. The van der Waals surface area contributed by atoms with E-state index in [1.54, 1.807) is 11.6 Å². The zero-order chi connectivity index (χ0) is 25.1. The van der Waals surface area contributed by atoms with Crippen molar-refractivity contribution < 1.29 is 37.4 Å². The van der Waals surface area contributed by atoms with Crippen LogP contribution in [0.3, 0.4) is 0 Å². The van der Waals surface area contributed by atoms with E-state index in [9.17, 15) is 27.5 Å². The van der Waals surface area contributed by atoms with Crippen molar-refractivity contribution in [3.63, 3.8) is 0 Å². The Morgan fingerprint density at radius 1 is 1.24 bits per heavy atom. The Morgan fingerprint density at radius 3 is 2.41 bits per heavy atom. The van der Waals surface area contributed by atoms with Crippen molar-refractivity contribution in [3.05, 3.63) is 46.2 Å². The van der Waals surface area contributed by atoms with Gasteiger partial charge in [-0.05, 0) is 49.7 Å². The number of carboxylic acids is 2. The summed E-state index contributed by atoms with van der Waals surface area (Å²) in [5.74, 6) is -4.15. The van der Waals surface area contributed by atoms with Crippen LogP contribution in [0, 0.1) is 11.7 Å². The first-order valence-electron chi connectivity index (χ1n) is 10.5. The Kier molecular flexibility index (Phi) is 7.81. The molecule has 34 heavy (non-hydrogen) atoms. The van der Waals surface area contributed by atoms with Crippen LogP contribution in [0.4, 0.5) is 23.2 Å². The van der Waals surface area contributed by atoms with Gasteiger partial charge in [-0.2, -0.15) is 13.2 Å². The molecule has 0 bridgehead atoms. The molecule has 0 radical (unpaired) electrons. The maximum absolute atomic E-state index is 13.8. The van der Waals surface area contributed by atoms with Gasteiger partial charge in [0.1, 0.15) is 5.82 Å². The molecule has 2 aromatic rings. The maximum Gasteiger partial charge on any atom is 0.490 e. The second-order valence-electron chi connectivity index (χ2n) is 8.62. The van der Waals surface area contributed by atoms with Gasteiger partial charge in [0.05, 0.1) is 17.1 Å². The average molecular weight is 504 g/mol. The Balaban J connectivity index is 0.000000406. The Labute approximate surface area is 197 Å². The molecule has 4 rings (SSSR count). The molecule has 0 saturated carbocycles. The van der Waals surface area contributed by atoms with Gasteiger partial charge in [0, 0.05) is 43.0 Å². The first kappa shape index (κ1) is 25.9. The zero-order valence-electron chi connectivity index (χ0n) is 18.4. The fourth-order valence-electron chi connectivity index (χ4n) is 4.61. The normalized spacial score (nSPS) is 18.2. The lowest BCUT2D eigenvalue weighted by atomic mass is 9.74. The number of likely N-dealkylation sites (N-methyl/N-ethyl adjacent to an activating group) is 1. The molecule has 1 aromatic carbocycles. The lowest BCUT2D eigenvalue weighted by Gasteiger charge is -2.40. The third-order valence-corrected chi connectivity index (χ3v) is 6.94. The number of benzene rings is 1. The van der Waals surface area contributed by atoms with Gasteiger partial charge in [-0.3, -0.25) is 4.79 Å². The highest BCUT2D eigenvalue weighted by molar-refractivity contribution is 7.07. The van der Waals surface area contributed by atoms with Crippen molar-refractivity contribution in [2.24, 2.45) is 5.92 Å². The van der Waals surface area contributed by atoms with Crippen LogP contribution in [-0.2, 0) is 21.4 Å². The molecular weight excluding hydrogens is 478 g/mol. The number of anilines is 1. The standard InChI is InChI=1S/C20H24FN3O2S.C2HF3O2/c1-23-12-20(17-9-15(21)2-3-18(17)23)4-6-24(7-5-20)10-14(19(25)26)8-16-11-27-13-22-16;3-2(4,5)1(6)7/h2-3,9,11,13-14H,4-8,10,12H2,1H3,(H,25,26);(H,6,7). The molecule has 1 spiro atoms. The van der Waals surface area contributed by atoms with Gasteiger partial charge >= 0.3 is 18.1 Å². The fraction of sp³-hybridized carbons (Fsp3) is 0.500. The highest BCUT2D eigenvalue weighted by atomic mass is 32.1. The minimum atomic E-state index is -5.08. The van der Waals surface area contributed by atoms with Gasteiger partial charge in [-0.25, -0.2) is 14.2 Å². The Hall–Kier alpha value is -2.73. The van der Waals surface area contributed by atoms with Crippen LogP contribution < -0.4 is 4.90 Å². The molecule has 0 amide bonds. The predicted molar refractivity (Wildman–Crippen MR) is 118 cm³/mol. The van der Waals surface area contributed by atoms with Crippen molar-refractivity contribution in [3.8, 4) is 0 Å². The quantitative estimate of drug-likeness (QED) is 0.602. The lowest BCUT2D eigenvalue weighted by molar-refractivity contribution is -0.192. The van der Waals surface area contributed by atoms with E-state index in [0.29, 0.717) is 13.0 Å². The van der Waals surface area contributed by atoms with Gasteiger partial charge in [0.2, 0.25) is 0 Å². The highest BCUT2D eigenvalue weighted by Gasteiger charge is 2.44. The minimum absolute atomic E-state index is 0.0175. The van der Waals surface area contributed by atoms with E-state index in [1.807, 2.05) is 11.4 Å². The summed E-state index contributed by atoms with van der Waals surface area (Å²) in [6.07, 6.45) is -2.76. The van der Waals surface area contributed by atoms with Gasteiger partial charge < -0.3 is 20.0 Å². The van der Waals surface area contributed by atoms with Crippen LogP contribution in [0.2, 0.25) is 0 Å². The number of aliphatic carboxylic acids is 2. The number of rotatable bonds is 5. The zero-order valence-corrected chi connectivity index (χ0v) is 19.2. The number of thiazole rings is 1. The summed E-state index contributed by atoms with van der Waals surface area (Å²) in [4.78, 5) is 29.3. The molecular formula is C22H25F4N3O4S. The predicted octanol–water partition coefficient (Wildman–Crippen LogP) is 3.64. The van der Waals surface area contributed by atoms with Crippen LogP contribution in [-0.4, -0.2) is 71.4 Å². The van der Waals surface area contributed by atoms with Crippen molar-refractivity contribution in [1.29, 1.82) is 0 Å². The number of aromatic nitrogens is 1. The van der Waals surface area contributed by atoms with Crippen LogP contribution in [0.25, 0.3) is 0 Å². The molecule has 1 unspecified atom stereocenters. The SMILES string of the molecule is CN1CC2(CCN(CC(Cc3cscn3)C(=O)O)CC2)c2cc(F)ccc21.O=C(O)C(F)(F)F. The second kappa shape index (κ2) is 10.3. The molecule has 186 valence electrons. The first-order chi connectivity index (χ1) is 15.9. The van der Waals surface area contributed by atoms with Crippen LogP contribution in [0.5, 0.6) is 0 Å². The number of nitrogens with zero attached hydrogens (tertiary/aromatic N) is 3. The second-order valence-corrected chi connectivity index (χ2v) is 9.34. The number of hydrogen-bond acceptors (Lipinski definition) is 6. The molecule has 1 saturated heterocycles. The molecule has 2 N–H and O–H groups in total. The van der Waals surface area contributed by atoms with Gasteiger partial charge in [0.15, 0.2) is 0 Å². The smallest absolute Gasteiger partial charge is 0.481 e. The summed E-state index contributed by atoms with van der Waals surface area (Å²) in [5.41, 5.74) is 4.81. The number of alkyl halides is 3. The number of carboxylic acid groups (broad SMARTS) is 2. The topological polar surface area (TPSA) is 94.0 Å². The van der Waals surface area contributed by atoms with Gasteiger partial charge in [-0.15, -0.1) is 11.3 Å². The molecule has 2 aliphatic heterocycles. The van der Waals surface area contributed by atoms with Crippen molar-refractivity contribution in [2.75, 3.05) is 38.1 Å². The van der Waals surface area contributed by atoms with Crippen molar-refractivity contribution in [1.82, 2.24) is 9.88 Å². The van der Waals surface area contributed by atoms with E-state index in [2.05, 4.69) is 21.8 Å². The third kappa shape index (κ3) is 6.03. The fourth-order valence-corrected chi connectivity index (χ4v) is 5.19. The molecule has 2 aliphatic rings. The van der Waals surface area contributed by atoms with E-state index in [4.69, 9.17) is 9.90 Å². The Morgan fingerprint density at radius 2 is 1.88 bits per heavy atom. The summed E-state index contributed by atoms with van der Waals surface area (Å²) in [5, 5.41) is 18.6. The summed E-state index contributed by atoms with van der Waals surface area (Å²) in [6, 6.07) is 5.09. The number of carbonyl (C=O) groups is 2. The molecule has 0 aliphatic carbocycles. The molecule has 12 heteroatoms. The molecule has 7 nitrogen and oxygen atoms in total. The summed E-state index contributed by atoms with van der Waals surface area (Å²) in [6.45, 7) is 3.12. The number of halogens is 4. The summed E-state index contributed by atoms with van der Waals surface area (Å²) >= 11 is 1.49. The van der Waals surface area contributed by atoms with Gasteiger partial charge in [-0.1, -0.05) is 0 Å². The van der Waals surface area contributed by atoms with E-state index in [1.165, 1.54) is 17.4 Å². The summed E-state index contributed by atoms with van der Waals surface area (Å²) < 4.78 is 45.6. The van der Waals surface area contributed by atoms with E-state index < -0.39 is 24.0 Å². The molecule has 3 heterocycles. The maximum atomic E-state index is 13.8. The van der Waals surface area contributed by atoms with Gasteiger partial charge in [0.25, 0.3) is 0 Å². The van der Waals surface area contributed by atoms with E-state index in [-0.39, 0.29) is 11.2 Å². The molecule has 1 atom stereocenters. The lowest BCUT2D eigenvalue weighted by Crippen LogP contribution is -2.47. The number of likely N-dealkylation sites (tertiary alicyclic amines) is 1. The first-order valence-corrected chi connectivity index (χ1v) is 11.5. The number of hydrogen-bond donors (Lipinski definition) is 2. The minimum Gasteiger partial charge on any atom is -0.481 e. The van der Waals surface area contributed by atoms with Crippen LogP contribution in [0.15, 0.2) is 29.1 Å². The largest absolute Gasteiger partial charge is 0.490 e. The molecule has 1 aromatic heterocycles. The van der Waals surface area contributed by atoms with Crippen molar-refractivity contribution in [2.45, 2.75) is 30.9 Å². The van der Waals surface area contributed by atoms with Crippen LogP contribution in [0.1, 0.15) is 24.1 Å². The number of piperidine rings is 1. The van der Waals surface area contributed by atoms with E-state index >= 15 is 0 Å². The summed E-state index contributed by atoms with van der Waals surface area (Å²) in [7, 11) is 2.06. The van der Waals surface area contributed by atoms with E-state index in [0.717, 1.165) is 49.4 Å². The number of fused-ring (bicyclic) bond motifs is 2. The molecule has 1 fully saturated rings. The van der Waals surface area contributed by atoms with Crippen LogP contribution >= 0.6 is 11.3 Å². The Bertz CT molecular complexity index is 1010. The monoisotopic (exact) mass is 503 g/mol.